The van der Waals surface area contributed by atoms with Crippen LogP contribution in [0.25, 0.3) is 0 Å². The number of terminal acetylenes is 1. The van der Waals surface area contributed by atoms with E-state index in [1.807, 2.05) is 6.92 Å². The fourth-order valence-corrected chi connectivity index (χ4v) is 2.11. The Labute approximate surface area is 112 Å². The molecule has 0 bridgehead atoms. The third kappa shape index (κ3) is 3.53. The van der Waals surface area contributed by atoms with E-state index in [4.69, 9.17) is 11.2 Å². The molecule has 0 aromatic heterocycles. The van der Waals surface area contributed by atoms with Gasteiger partial charge in [0.1, 0.15) is 5.75 Å². The molecular weight excluding hydrogens is 220 g/mol. The summed E-state index contributed by atoms with van der Waals surface area (Å²) in [5.41, 5.74) is 3.87. The van der Waals surface area contributed by atoms with Gasteiger partial charge in [0, 0.05) is 12.0 Å². The van der Waals surface area contributed by atoms with E-state index in [0.29, 0.717) is 6.61 Å². The number of benzene rings is 1. The highest BCUT2D eigenvalue weighted by Gasteiger charge is 2.21. The molecule has 0 radical (unpaired) electrons. The quantitative estimate of drug-likeness (QED) is 0.719. The van der Waals surface area contributed by atoms with Gasteiger partial charge >= 0.3 is 0 Å². The third-order valence-electron chi connectivity index (χ3n) is 2.95. The predicted octanol–water partition coefficient (Wildman–Crippen LogP) is 4.26. The van der Waals surface area contributed by atoms with Crippen LogP contribution in [0.15, 0.2) is 12.1 Å². The molecule has 0 fully saturated rings. The summed E-state index contributed by atoms with van der Waals surface area (Å²) < 4.78 is 5.88. The van der Waals surface area contributed by atoms with Gasteiger partial charge in [-0.2, -0.15) is 0 Å². The summed E-state index contributed by atoms with van der Waals surface area (Å²) in [5, 5.41) is 0. The number of rotatable bonds is 4. The van der Waals surface area contributed by atoms with Gasteiger partial charge in [-0.05, 0) is 31.2 Å². The lowest BCUT2D eigenvalue weighted by molar-refractivity contribution is 0.326. The molecule has 0 aliphatic heterocycles. The highest BCUT2D eigenvalue weighted by molar-refractivity contribution is 5.48. The van der Waals surface area contributed by atoms with Gasteiger partial charge in [0.15, 0.2) is 0 Å². The van der Waals surface area contributed by atoms with Crippen molar-refractivity contribution in [2.24, 2.45) is 0 Å². The molecule has 0 aliphatic rings. The molecule has 1 rings (SSSR count). The molecule has 1 nitrogen and oxygen atoms in total. The standard InChI is InChI=1S/C17H24O/c1-7-9-10-14-11-13(3)12-15(17(4,5)6)16(14)18-8-2/h1,11-12H,8-10H2,2-6H3. The molecular formula is C17H24O. The summed E-state index contributed by atoms with van der Waals surface area (Å²) in [6.07, 6.45) is 7.01. The Bertz CT molecular complexity index is 444. The van der Waals surface area contributed by atoms with Crippen molar-refractivity contribution in [3.05, 3.63) is 28.8 Å². The van der Waals surface area contributed by atoms with E-state index in [9.17, 15) is 0 Å². The van der Waals surface area contributed by atoms with Crippen molar-refractivity contribution in [2.45, 2.75) is 52.9 Å². The molecule has 0 aliphatic carbocycles. The number of hydrogen-bond donors (Lipinski definition) is 0. The minimum absolute atomic E-state index is 0.0847. The van der Waals surface area contributed by atoms with Crippen LogP contribution in [0, 0.1) is 19.3 Å². The molecule has 0 saturated heterocycles. The molecule has 0 saturated carbocycles. The average molecular weight is 244 g/mol. The normalized spacial score (nSPS) is 11.1. The number of aryl methyl sites for hydroxylation is 2. The van der Waals surface area contributed by atoms with Crippen LogP contribution in [0.2, 0.25) is 0 Å². The van der Waals surface area contributed by atoms with Gasteiger partial charge < -0.3 is 4.74 Å². The second-order valence-electron chi connectivity index (χ2n) is 5.69. The minimum atomic E-state index is 0.0847. The first-order chi connectivity index (χ1) is 8.40. The maximum absolute atomic E-state index is 5.88. The summed E-state index contributed by atoms with van der Waals surface area (Å²) in [6.45, 7) is 11.5. The van der Waals surface area contributed by atoms with Crippen LogP contribution in [-0.4, -0.2) is 6.61 Å². The van der Waals surface area contributed by atoms with Crippen molar-refractivity contribution in [2.75, 3.05) is 6.61 Å². The van der Waals surface area contributed by atoms with E-state index in [1.54, 1.807) is 0 Å². The molecule has 98 valence electrons. The minimum Gasteiger partial charge on any atom is -0.493 e. The highest BCUT2D eigenvalue weighted by Crippen LogP contribution is 2.35. The first kappa shape index (κ1) is 14.6. The monoisotopic (exact) mass is 244 g/mol. The fourth-order valence-electron chi connectivity index (χ4n) is 2.11. The van der Waals surface area contributed by atoms with Crippen molar-refractivity contribution in [1.82, 2.24) is 0 Å². The van der Waals surface area contributed by atoms with Crippen LogP contribution in [0.5, 0.6) is 5.75 Å². The smallest absolute Gasteiger partial charge is 0.126 e. The molecule has 0 spiro atoms. The fraction of sp³-hybridized carbons (Fsp3) is 0.529. The van der Waals surface area contributed by atoms with Gasteiger partial charge in [-0.1, -0.05) is 38.5 Å². The van der Waals surface area contributed by atoms with Crippen LogP contribution < -0.4 is 4.74 Å². The third-order valence-corrected chi connectivity index (χ3v) is 2.95. The molecule has 1 aromatic rings. The lowest BCUT2D eigenvalue weighted by Gasteiger charge is -2.25. The van der Waals surface area contributed by atoms with Crippen LogP contribution in [-0.2, 0) is 11.8 Å². The van der Waals surface area contributed by atoms with Gasteiger partial charge in [-0.25, -0.2) is 0 Å². The first-order valence-electron chi connectivity index (χ1n) is 6.60. The van der Waals surface area contributed by atoms with Crippen molar-refractivity contribution in [3.8, 4) is 18.1 Å². The maximum atomic E-state index is 5.88. The van der Waals surface area contributed by atoms with Crippen LogP contribution in [0.4, 0.5) is 0 Å². The van der Waals surface area contributed by atoms with Crippen molar-refractivity contribution in [3.63, 3.8) is 0 Å². The summed E-state index contributed by atoms with van der Waals surface area (Å²) in [5.74, 6) is 3.74. The van der Waals surface area contributed by atoms with E-state index in [1.165, 1.54) is 16.7 Å². The van der Waals surface area contributed by atoms with Gasteiger partial charge in [0.2, 0.25) is 0 Å². The van der Waals surface area contributed by atoms with Crippen LogP contribution in [0.3, 0.4) is 0 Å². The molecule has 1 aromatic carbocycles. The zero-order chi connectivity index (χ0) is 13.8. The van der Waals surface area contributed by atoms with E-state index in [2.05, 4.69) is 45.7 Å². The first-order valence-corrected chi connectivity index (χ1v) is 6.60. The van der Waals surface area contributed by atoms with Gasteiger partial charge in [0.05, 0.1) is 6.61 Å². The Kier molecular flexibility index (Phi) is 4.84. The molecule has 0 N–H and O–H groups in total. The molecule has 0 unspecified atom stereocenters. The molecule has 0 amide bonds. The lowest BCUT2D eigenvalue weighted by atomic mass is 9.83. The van der Waals surface area contributed by atoms with Gasteiger partial charge in [-0.15, -0.1) is 12.3 Å². The molecule has 0 atom stereocenters. The highest BCUT2D eigenvalue weighted by atomic mass is 16.5. The predicted molar refractivity (Wildman–Crippen MR) is 78.2 cm³/mol. The summed E-state index contributed by atoms with van der Waals surface area (Å²) in [6, 6.07) is 4.42. The largest absolute Gasteiger partial charge is 0.493 e. The summed E-state index contributed by atoms with van der Waals surface area (Å²) in [7, 11) is 0. The van der Waals surface area contributed by atoms with Crippen LogP contribution in [0.1, 0.15) is 50.8 Å². The zero-order valence-electron chi connectivity index (χ0n) is 12.3. The second kappa shape index (κ2) is 5.96. The molecule has 18 heavy (non-hydrogen) atoms. The zero-order valence-corrected chi connectivity index (χ0v) is 12.3. The number of ether oxygens (including phenoxy) is 1. The van der Waals surface area contributed by atoms with Crippen molar-refractivity contribution in [1.29, 1.82) is 0 Å². The van der Waals surface area contributed by atoms with Gasteiger partial charge in [0.25, 0.3) is 0 Å². The Balaban J connectivity index is 3.32. The molecule has 1 heteroatoms. The Morgan fingerprint density at radius 2 is 1.94 bits per heavy atom. The topological polar surface area (TPSA) is 9.23 Å². The van der Waals surface area contributed by atoms with Crippen molar-refractivity contribution < 1.29 is 4.74 Å². The van der Waals surface area contributed by atoms with E-state index < -0.39 is 0 Å². The maximum Gasteiger partial charge on any atom is 0.126 e. The Morgan fingerprint density at radius 1 is 1.28 bits per heavy atom. The van der Waals surface area contributed by atoms with E-state index in [-0.39, 0.29) is 5.41 Å². The van der Waals surface area contributed by atoms with E-state index in [0.717, 1.165) is 18.6 Å². The number of hydrogen-bond acceptors (Lipinski definition) is 1. The molecule has 0 heterocycles. The SMILES string of the molecule is C#CCCc1cc(C)cc(C(C)(C)C)c1OCC. The Hall–Kier alpha value is -1.42. The van der Waals surface area contributed by atoms with Crippen molar-refractivity contribution >= 4 is 0 Å². The Morgan fingerprint density at radius 3 is 2.44 bits per heavy atom. The summed E-state index contributed by atoms with van der Waals surface area (Å²) >= 11 is 0. The van der Waals surface area contributed by atoms with Crippen LogP contribution >= 0.6 is 0 Å². The van der Waals surface area contributed by atoms with Gasteiger partial charge in [-0.3, -0.25) is 0 Å². The average Bonchev–Trinajstić information content (AvgIpc) is 2.27. The summed E-state index contributed by atoms with van der Waals surface area (Å²) in [4.78, 5) is 0. The second-order valence-corrected chi connectivity index (χ2v) is 5.69. The lowest BCUT2D eigenvalue weighted by Crippen LogP contribution is -2.15. The van der Waals surface area contributed by atoms with E-state index >= 15 is 0 Å².